The molecule has 0 amide bonds. The number of rotatable bonds is 4. The lowest BCUT2D eigenvalue weighted by atomic mass is 9.98. The zero-order valence-corrected chi connectivity index (χ0v) is 16.4. The van der Waals surface area contributed by atoms with Crippen molar-refractivity contribution in [2.24, 2.45) is 0 Å². The van der Waals surface area contributed by atoms with Gasteiger partial charge in [-0.1, -0.05) is 77.8 Å². The van der Waals surface area contributed by atoms with Crippen molar-refractivity contribution in [2.75, 3.05) is 5.32 Å². The zero-order chi connectivity index (χ0) is 18.5. The first-order chi connectivity index (χ1) is 12.5. The average Bonchev–Trinajstić information content (AvgIpc) is 2.64. The third-order valence-corrected chi connectivity index (χ3v) is 4.88. The number of hydrogen-bond donors (Lipinski definition) is 2. The molecule has 0 aliphatic heterocycles. The molecule has 4 heteroatoms. The quantitative estimate of drug-likeness (QED) is 0.540. The van der Waals surface area contributed by atoms with Crippen molar-refractivity contribution in [2.45, 2.75) is 19.9 Å². The molecule has 3 aromatic carbocycles. The van der Waals surface area contributed by atoms with E-state index in [-0.39, 0.29) is 6.04 Å². The lowest BCUT2D eigenvalue weighted by Gasteiger charge is -2.22. The molecule has 132 valence electrons. The van der Waals surface area contributed by atoms with Gasteiger partial charge >= 0.3 is 0 Å². The van der Waals surface area contributed by atoms with Crippen LogP contribution in [0.1, 0.15) is 28.3 Å². The van der Waals surface area contributed by atoms with Crippen LogP contribution in [0.15, 0.2) is 72.8 Å². The molecule has 1 atom stereocenters. The van der Waals surface area contributed by atoms with E-state index in [1.165, 1.54) is 5.56 Å². The van der Waals surface area contributed by atoms with E-state index < -0.39 is 0 Å². The van der Waals surface area contributed by atoms with Crippen molar-refractivity contribution in [1.29, 1.82) is 0 Å². The molecule has 0 saturated heterocycles. The summed E-state index contributed by atoms with van der Waals surface area (Å²) in [5.74, 6) is 0. The van der Waals surface area contributed by atoms with E-state index in [0.717, 1.165) is 27.4 Å². The monoisotopic (exact) mass is 380 g/mol. The van der Waals surface area contributed by atoms with Gasteiger partial charge in [0.2, 0.25) is 0 Å². The molecule has 3 aromatic rings. The van der Waals surface area contributed by atoms with E-state index in [1.807, 2.05) is 43.3 Å². The number of anilines is 1. The van der Waals surface area contributed by atoms with Gasteiger partial charge in [0.15, 0.2) is 5.11 Å². The number of aryl methyl sites for hydroxylation is 2. The van der Waals surface area contributed by atoms with Gasteiger partial charge in [-0.3, -0.25) is 0 Å². The summed E-state index contributed by atoms with van der Waals surface area (Å²) in [7, 11) is 0. The van der Waals surface area contributed by atoms with Gasteiger partial charge < -0.3 is 10.6 Å². The van der Waals surface area contributed by atoms with Crippen LogP contribution in [0.5, 0.6) is 0 Å². The van der Waals surface area contributed by atoms with Crippen LogP contribution in [-0.4, -0.2) is 5.11 Å². The van der Waals surface area contributed by atoms with E-state index in [4.69, 9.17) is 23.8 Å². The van der Waals surface area contributed by atoms with Crippen LogP contribution >= 0.6 is 23.8 Å². The molecular weight excluding hydrogens is 360 g/mol. The summed E-state index contributed by atoms with van der Waals surface area (Å²) in [5.41, 5.74) is 5.46. The van der Waals surface area contributed by atoms with Crippen LogP contribution in [-0.2, 0) is 0 Å². The Labute approximate surface area is 165 Å². The maximum Gasteiger partial charge on any atom is 0.171 e. The Bertz CT molecular complexity index is 892. The topological polar surface area (TPSA) is 24.1 Å². The summed E-state index contributed by atoms with van der Waals surface area (Å²) >= 11 is 11.8. The normalized spacial score (nSPS) is 11.7. The van der Waals surface area contributed by atoms with Gasteiger partial charge in [-0.15, -0.1) is 0 Å². The molecule has 26 heavy (non-hydrogen) atoms. The van der Waals surface area contributed by atoms with Crippen molar-refractivity contribution in [3.8, 4) is 0 Å². The summed E-state index contributed by atoms with van der Waals surface area (Å²) in [6.07, 6.45) is 0. The summed E-state index contributed by atoms with van der Waals surface area (Å²) in [5, 5.41) is 7.93. The van der Waals surface area contributed by atoms with E-state index in [9.17, 15) is 0 Å². The number of halogens is 1. The number of thiocarbonyl (C=S) groups is 1. The van der Waals surface area contributed by atoms with Crippen molar-refractivity contribution in [3.63, 3.8) is 0 Å². The molecule has 0 fully saturated rings. The van der Waals surface area contributed by atoms with Gasteiger partial charge in [0.05, 0.1) is 6.04 Å². The molecule has 0 radical (unpaired) electrons. The zero-order valence-electron chi connectivity index (χ0n) is 14.8. The maximum absolute atomic E-state index is 6.21. The van der Waals surface area contributed by atoms with Crippen LogP contribution in [0, 0.1) is 13.8 Å². The first-order valence-electron chi connectivity index (χ1n) is 8.48. The van der Waals surface area contributed by atoms with Crippen LogP contribution in [0.25, 0.3) is 0 Å². The smallest absolute Gasteiger partial charge is 0.171 e. The Morgan fingerprint density at radius 2 is 1.54 bits per heavy atom. The van der Waals surface area contributed by atoms with Crippen LogP contribution in [0.2, 0.25) is 5.02 Å². The lowest BCUT2D eigenvalue weighted by Crippen LogP contribution is -2.33. The van der Waals surface area contributed by atoms with Gasteiger partial charge in [-0.25, -0.2) is 0 Å². The summed E-state index contributed by atoms with van der Waals surface area (Å²) in [4.78, 5) is 0. The summed E-state index contributed by atoms with van der Waals surface area (Å²) in [6.45, 7) is 4.06. The SMILES string of the molecule is Cc1ccc([C@@H](NC(=S)Nc2ccc(C)c(Cl)c2)c2ccccc2)cc1. The molecule has 0 unspecified atom stereocenters. The van der Waals surface area contributed by atoms with Gasteiger partial charge in [0, 0.05) is 10.7 Å². The highest BCUT2D eigenvalue weighted by atomic mass is 35.5. The van der Waals surface area contributed by atoms with Crippen LogP contribution in [0.4, 0.5) is 5.69 Å². The Balaban J connectivity index is 1.82. The molecule has 0 aromatic heterocycles. The second-order valence-electron chi connectivity index (χ2n) is 6.32. The Kier molecular flexibility index (Phi) is 5.92. The minimum Gasteiger partial charge on any atom is -0.352 e. The van der Waals surface area contributed by atoms with Gasteiger partial charge in [-0.2, -0.15) is 0 Å². The second-order valence-corrected chi connectivity index (χ2v) is 7.13. The molecule has 0 spiro atoms. The number of benzene rings is 3. The highest BCUT2D eigenvalue weighted by molar-refractivity contribution is 7.80. The third kappa shape index (κ3) is 4.63. The van der Waals surface area contributed by atoms with Gasteiger partial charge in [-0.05, 0) is 54.9 Å². The lowest BCUT2D eigenvalue weighted by molar-refractivity contribution is 0.768. The van der Waals surface area contributed by atoms with E-state index in [2.05, 4.69) is 54.0 Å². The Morgan fingerprint density at radius 3 is 2.19 bits per heavy atom. The standard InChI is InChI=1S/C22H21ClN2S/c1-15-8-11-18(12-9-15)21(17-6-4-3-5-7-17)25-22(26)24-19-13-10-16(2)20(23)14-19/h3-14,21H,1-2H3,(H2,24,25,26)/t21-/m0/s1. The van der Waals surface area contributed by atoms with Gasteiger partial charge in [0.25, 0.3) is 0 Å². The van der Waals surface area contributed by atoms with Crippen molar-refractivity contribution in [3.05, 3.63) is 100 Å². The molecule has 0 aliphatic rings. The Morgan fingerprint density at radius 1 is 0.885 bits per heavy atom. The fraction of sp³-hybridized carbons (Fsp3) is 0.136. The van der Waals surface area contributed by atoms with Crippen molar-refractivity contribution in [1.82, 2.24) is 5.32 Å². The number of nitrogens with one attached hydrogen (secondary N) is 2. The fourth-order valence-corrected chi connectivity index (χ4v) is 3.15. The first kappa shape index (κ1) is 18.4. The molecular formula is C22H21ClN2S. The molecule has 2 nitrogen and oxygen atoms in total. The minimum atomic E-state index is -0.0299. The highest BCUT2D eigenvalue weighted by Crippen LogP contribution is 2.24. The molecule has 3 rings (SSSR count). The molecule has 0 aliphatic carbocycles. The van der Waals surface area contributed by atoms with Crippen molar-refractivity contribution < 1.29 is 0 Å². The first-order valence-corrected chi connectivity index (χ1v) is 9.27. The van der Waals surface area contributed by atoms with Crippen LogP contribution in [0.3, 0.4) is 0 Å². The summed E-state index contributed by atoms with van der Waals surface area (Å²) < 4.78 is 0. The van der Waals surface area contributed by atoms with Gasteiger partial charge in [0.1, 0.15) is 0 Å². The maximum atomic E-state index is 6.21. The molecule has 2 N–H and O–H groups in total. The average molecular weight is 381 g/mol. The van der Waals surface area contributed by atoms with E-state index in [1.54, 1.807) is 0 Å². The summed E-state index contributed by atoms with van der Waals surface area (Å²) in [6, 6.07) is 24.6. The molecule has 0 saturated carbocycles. The van der Waals surface area contributed by atoms with Crippen LogP contribution < -0.4 is 10.6 Å². The van der Waals surface area contributed by atoms with E-state index in [0.29, 0.717) is 5.11 Å². The largest absolute Gasteiger partial charge is 0.352 e. The Hall–Kier alpha value is -2.36. The molecule has 0 heterocycles. The third-order valence-electron chi connectivity index (χ3n) is 4.25. The van der Waals surface area contributed by atoms with Crippen molar-refractivity contribution >= 4 is 34.6 Å². The predicted octanol–water partition coefficient (Wildman–Crippen LogP) is 6.03. The predicted molar refractivity (Wildman–Crippen MR) is 115 cm³/mol. The fourth-order valence-electron chi connectivity index (χ4n) is 2.73. The van der Waals surface area contributed by atoms with E-state index >= 15 is 0 Å². The minimum absolute atomic E-state index is 0.0299. The number of hydrogen-bond acceptors (Lipinski definition) is 1. The second kappa shape index (κ2) is 8.35. The molecule has 0 bridgehead atoms. The highest BCUT2D eigenvalue weighted by Gasteiger charge is 2.15.